The summed E-state index contributed by atoms with van der Waals surface area (Å²) in [5.41, 5.74) is 0. The van der Waals surface area contributed by atoms with Gasteiger partial charge in [0.2, 0.25) is 0 Å². The van der Waals surface area contributed by atoms with Crippen molar-refractivity contribution in [2.24, 2.45) is 5.92 Å². The third kappa shape index (κ3) is 8.93. The fourth-order valence-corrected chi connectivity index (χ4v) is 4.19. The molecule has 1 fully saturated rings. The molecule has 0 aromatic carbocycles. The molecule has 9 nitrogen and oxygen atoms in total. The van der Waals surface area contributed by atoms with Crippen LogP contribution in [0.15, 0.2) is 0 Å². The van der Waals surface area contributed by atoms with Crippen LogP contribution in [0.3, 0.4) is 0 Å². The number of carboxylic acid groups (broad SMARTS) is 2. The minimum atomic E-state index is -2.27. The second kappa shape index (κ2) is 12.4. The minimum absolute atomic E-state index is 0.683. The molecule has 1 aliphatic rings. The topological polar surface area (TPSA) is 143 Å². The number of hydrogen-bond donors (Lipinski definition) is 5. The summed E-state index contributed by atoms with van der Waals surface area (Å²) < 4.78 is 0. The number of halogens is 1. The summed E-state index contributed by atoms with van der Waals surface area (Å²) in [6.07, 6.45) is -2.06. The molecule has 0 aliphatic carbocycles. The van der Waals surface area contributed by atoms with Crippen LogP contribution < -0.4 is 5.32 Å². The van der Waals surface area contributed by atoms with Crippen molar-refractivity contribution in [1.29, 1.82) is 0 Å². The summed E-state index contributed by atoms with van der Waals surface area (Å²) in [5, 5.41) is 37.7. The molecule has 1 saturated heterocycles. The van der Waals surface area contributed by atoms with Gasteiger partial charge in [0.1, 0.15) is 5.15 Å². The number of aliphatic hydroxyl groups excluding tert-OH is 2. The maximum absolute atomic E-state index is 9.77. The summed E-state index contributed by atoms with van der Waals surface area (Å²) in [5.74, 6) is -2.85. The third-order valence-electron chi connectivity index (χ3n) is 4.33. The highest BCUT2D eigenvalue weighted by molar-refractivity contribution is 7.12. The fraction of sp³-hybridized carbons (Fsp3) is 0.722. The standard InChI is InChI=1S/C14H24ClN3S.C4H6O6/c1-10(2)8-18(12-4-6-16-7-5-12)9-13-14(15)17-11(3)19-13;5-1(3(7)8)2(6)4(9)10/h10,12,16H,4-9H2,1-3H3;1-2,5-6H,(H,7,8)(H,9,10)/t;1-,2-/m.1/s1. The van der Waals surface area contributed by atoms with Gasteiger partial charge in [-0.2, -0.15) is 0 Å². The van der Waals surface area contributed by atoms with E-state index in [4.69, 9.17) is 32.0 Å². The molecule has 0 radical (unpaired) electrons. The molecule has 2 heterocycles. The molecule has 1 aromatic rings. The lowest BCUT2D eigenvalue weighted by atomic mass is 10.0. The number of hydrogen-bond acceptors (Lipinski definition) is 8. The van der Waals surface area contributed by atoms with E-state index in [1.807, 2.05) is 6.92 Å². The summed E-state index contributed by atoms with van der Waals surface area (Å²) in [6.45, 7) is 11.0. The Balaban J connectivity index is 0.000000359. The summed E-state index contributed by atoms with van der Waals surface area (Å²) in [6, 6.07) is 0.683. The number of nitrogens with one attached hydrogen (secondary N) is 1. The molecule has 5 N–H and O–H groups in total. The molecule has 0 amide bonds. The van der Waals surface area contributed by atoms with E-state index < -0.39 is 24.1 Å². The Kier molecular flexibility index (Phi) is 11.0. The van der Waals surface area contributed by atoms with Crippen LogP contribution in [0.25, 0.3) is 0 Å². The van der Waals surface area contributed by atoms with E-state index in [0.29, 0.717) is 17.1 Å². The summed E-state index contributed by atoms with van der Waals surface area (Å²) in [4.78, 5) is 27.7. The highest BCUT2D eigenvalue weighted by Gasteiger charge is 2.29. The van der Waals surface area contributed by atoms with Gasteiger partial charge in [-0.15, -0.1) is 11.3 Å². The molecule has 11 heteroatoms. The molecule has 29 heavy (non-hydrogen) atoms. The highest BCUT2D eigenvalue weighted by atomic mass is 35.5. The Labute approximate surface area is 179 Å². The van der Waals surface area contributed by atoms with Crippen molar-refractivity contribution >= 4 is 34.9 Å². The van der Waals surface area contributed by atoms with Crippen LogP contribution in [0.1, 0.15) is 36.6 Å². The van der Waals surface area contributed by atoms with Crippen LogP contribution in [0.4, 0.5) is 0 Å². The number of carboxylic acids is 2. The molecule has 0 bridgehead atoms. The van der Waals surface area contributed by atoms with Gasteiger partial charge in [0.15, 0.2) is 12.2 Å². The zero-order valence-corrected chi connectivity index (χ0v) is 18.4. The van der Waals surface area contributed by atoms with Crippen molar-refractivity contribution in [3.63, 3.8) is 0 Å². The number of aryl methyl sites for hydroxylation is 1. The van der Waals surface area contributed by atoms with Gasteiger partial charge in [-0.3, -0.25) is 4.90 Å². The zero-order chi connectivity index (χ0) is 22.1. The summed E-state index contributed by atoms with van der Waals surface area (Å²) in [7, 11) is 0. The average molecular weight is 452 g/mol. The molecule has 0 unspecified atom stereocenters. The number of aliphatic hydroxyl groups is 2. The number of aliphatic carboxylic acids is 2. The second-order valence-corrected chi connectivity index (χ2v) is 8.96. The van der Waals surface area contributed by atoms with Gasteiger partial charge in [0.25, 0.3) is 0 Å². The van der Waals surface area contributed by atoms with Crippen LogP contribution in [-0.2, 0) is 16.1 Å². The Bertz CT molecular complexity index is 648. The van der Waals surface area contributed by atoms with E-state index in [1.54, 1.807) is 11.3 Å². The van der Waals surface area contributed by atoms with Gasteiger partial charge in [0, 0.05) is 19.1 Å². The molecule has 1 aliphatic heterocycles. The predicted molar refractivity (Wildman–Crippen MR) is 110 cm³/mol. The highest BCUT2D eigenvalue weighted by Crippen LogP contribution is 2.26. The number of thiazole rings is 1. The largest absolute Gasteiger partial charge is 0.479 e. The first-order valence-electron chi connectivity index (χ1n) is 9.41. The third-order valence-corrected chi connectivity index (χ3v) is 5.71. The zero-order valence-electron chi connectivity index (χ0n) is 16.8. The van der Waals surface area contributed by atoms with E-state index in [1.165, 1.54) is 17.7 Å². The first-order valence-corrected chi connectivity index (χ1v) is 10.6. The van der Waals surface area contributed by atoms with Gasteiger partial charge in [-0.1, -0.05) is 25.4 Å². The van der Waals surface area contributed by atoms with Crippen molar-refractivity contribution in [2.75, 3.05) is 19.6 Å². The molecule has 166 valence electrons. The van der Waals surface area contributed by atoms with Crippen LogP contribution in [-0.4, -0.2) is 80.1 Å². The lowest BCUT2D eigenvalue weighted by Crippen LogP contribution is -2.44. The number of aromatic nitrogens is 1. The van der Waals surface area contributed by atoms with Gasteiger partial charge in [-0.05, 0) is 38.8 Å². The smallest absolute Gasteiger partial charge is 0.335 e. The Morgan fingerprint density at radius 1 is 1.21 bits per heavy atom. The number of nitrogens with zero attached hydrogens (tertiary/aromatic N) is 2. The number of rotatable bonds is 8. The first kappa shape index (κ1) is 25.7. The number of piperidine rings is 1. The molecular formula is C18H30ClN3O6S. The van der Waals surface area contributed by atoms with Crippen molar-refractivity contribution < 1.29 is 30.0 Å². The lowest BCUT2D eigenvalue weighted by Gasteiger charge is -2.35. The fourth-order valence-electron chi connectivity index (χ4n) is 2.98. The van der Waals surface area contributed by atoms with E-state index in [0.717, 1.165) is 31.2 Å². The van der Waals surface area contributed by atoms with E-state index in [-0.39, 0.29) is 0 Å². The Morgan fingerprint density at radius 2 is 1.72 bits per heavy atom. The maximum Gasteiger partial charge on any atom is 0.335 e. The van der Waals surface area contributed by atoms with Crippen molar-refractivity contribution in [1.82, 2.24) is 15.2 Å². The lowest BCUT2D eigenvalue weighted by molar-refractivity contribution is -0.165. The predicted octanol–water partition coefficient (Wildman–Crippen LogP) is 1.19. The molecule has 2 atom stereocenters. The molecular weight excluding hydrogens is 422 g/mol. The molecule has 1 aromatic heterocycles. The van der Waals surface area contributed by atoms with E-state index >= 15 is 0 Å². The average Bonchev–Trinajstić information content (AvgIpc) is 2.97. The quantitative estimate of drug-likeness (QED) is 0.393. The van der Waals surface area contributed by atoms with Crippen LogP contribution in [0.2, 0.25) is 5.15 Å². The van der Waals surface area contributed by atoms with Gasteiger partial charge in [-0.25, -0.2) is 14.6 Å². The van der Waals surface area contributed by atoms with Crippen LogP contribution in [0.5, 0.6) is 0 Å². The SMILES string of the molecule is Cc1nc(Cl)c(CN(CC(C)C)C2CCNCC2)s1.O=C(O)[C@H](O)[C@@H](O)C(=O)O. The Morgan fingerprint density at radius 3 is 2.10 bits per heavy atom. The van der Waals surface area contributed by atoms with Gasteiger partial charge >= 0.3 is 11.9 Å². The van der Waals surface area contributed by atoms with Crippen molar-refractivity contribution in [3.8, 4) is 0 Å². The van der Waals surface area contributed by atoms with Crippen LogP contribution >= 0.6 is 22.9 Å². The Hall–Kier alpha value is -1.30. The van der Waals surface area contributed by atoms with Crippen LogP contribution in [0, 0.1) is 12.8 Å². The van der Waals surface area contributed by atoms with Crippen molar-refractivity contribution in [3.05, 3.63) is 15.0 Å². The second-order valence-electron chi connectivity index (χ2n) is 7.32. The van der Waals surface area contributed by atoms with Crippen molar-refractivity contribution in [2.45, 2.75) is 58.4 Å². The van der Waals surface area contributed by atoms with Gasteiger partial charge in [0.05, 0.1) is 9.88 Å². The van der Waals surface area contributed by atoms with Gasteiger partial charge < -0.3 is 25.7 Å². The normalized spacial score (nSPS) is 17.0. The van der Waals surface area contributed by atoms with E-state index in [2.05, 4.69) is 29.0 Å². The number of carbonyl (C=O) groups is 2. The molecule has 0 saturated carbocycles. The molecule has 0 spiro atoms. The van der Waals surface area contributed by atoms with E-state index in [9.17, 15) is 9.59 Å². The minimum Gasteiger partial charge on any atom is -0.479 e. The molecule has 2 rings (SSSR count). The monoisotopic (exact) mass is 451 g/mol. The maximum atomic E-state index is 9.77. The first-order chi connectivity index (χ1) is 13.5. The summed E-state index contributed by atoms with van der Waals surface area (Å²) >= 11 is 7.96.